The van der Waals surface area contributed by atoms with E-state index < -0.39 is 0 Å². The van der Waals surface area contributed by atoms with Crippen LogP contribution in [0.25, 0.3) is 0 Å². The number of hydrogen-bond donors (Lipinski definition) is 1. The van der Waals surface area contributed by atoms with Crippen molar-refractivity contribution in [3.05, 3.63) is 69.2 Å². The molecule has 0 heterocycles. The molecular formula is C18H22BrN. The second-order valence-electron chi connectivity index (χ2n) is 5.50. The van der Waals surface area contributed by atoms with Crippen molar-refractivity contribution in [1.29, 1.82) is 0 Å². The quantitative estimate of drug-likeness (QED) is 0.812. The molecule has 0 amide bonds. The standard InChI is InChI=1S/C18H22BrN/c1-12(2)14-8-10-15(11-9-14)18(20-4)16-6-5-7-17(19)13(16)3/h5-12,18,20H,1-4H3. The molecule has 1 atom stereocenters. The molecule has 20 heavy (non-hydrogen) atoms. The van der Waals surface area contributed by atoms with Gasteiger partial charge in [0.2, 0.25) is 0 Å². The highest BCUT2D eigenvalue weighted by atomic mass is 79.9. The number of rotatable bonds is 4. The second kappa shape index (κ2) is 6.55. The van der Waals surface area contributed by atoms with Crippen molar-refractivity contribution in [2.24, 2.45) is 0 Å². The van der Waals surface area contributed by atoms with Crippen LogP contribution >= 0.6 is 15.9 Å². The van der Waals surface area contributed by atoms with Crippen LogP contribution in [-0.2, 0) is 0 Å². The Balaban J connectivity index is 2.39. The van der Waals surface area contributed by atoms with Crippen molar-refractivity contribution in [3.63, 3.8) is 0 Å². The smallest absolute Gasteiger partial charge is 0.0577 e. The fraction of sp³-hybridized carbons (Fsp3) is 0.333. The van der Waals surface area contributed by atoms with Gasteiger partial charge in [0.05, 0.1) is 6.04 Å². The fourth-order valence-electron chi connectivity index (χ4n) is 2.51. The lowest BCUT2D eigenvalue weighted by Crippen LogP contribution is -2.18. The van der Waals surface area contributed by atoms with Crippen molar-refractivity contribution in [3.8, 4) is 0 Å². The van der Waals surface area contributed by atoms with E-state index >= 15 is 0 Å². The van der Waals surface area contributed by atoms with Gasteiger partial charge in [0.1, 0.15) is 0 Å². The van der Waals surface area contributed by atoms with Gasteiger partial charge in [-0.1, -0.05) is 66.2 Å². The molecule has 0 spiro atoms. The maximum Gasteiger partial charge on any atom is 0.0577 e. The van der Waals surface area contributed by atoms with Crippen LogP contribution in [0.1, 0.15) is 48.1 Å². The van der Waals surface area contributed by atoms with Gasteiger partial charge in [0, 0.05) is 4.47 Å². The third-order valence-corrected chi connectivity index (χ3v) is 4.70. The van der Waals surface area contributed by atoms with E-state index in [2.05, 4.69) is 84.5 Å². The van der Waals surface area contributed by atoms with E-state index in [9.17, 15) is 0 Å². The number of halogens is 1. The van der Waals surface area contributed by atoms with Crippen LogP contribution in [0.3, 0.4) is 0 Å². The first-order valence-corrected chi connectivity index (χ1v) is 7.86. The first-order chi connectivity index (χ1) is 9.54. The van der Waals surface area contributed by atoms with Crippen LogP contribution in [0, 0.1) is 6.92 Å². The van der Waals surface area contributed by atoms with Crippen LogP contribution < -0.4 is 5.32 Å². The Morgan fingerprint density at radius 3 is 2.10 bits per heavy atom. The molecule has 1 unspecified atom stereocenters. The van der Waals surface area contributed by atoms with E-state index in [4.69, 9.17) is 0 Å². The highest BCUT2D eigenvalue weighted by Gasteiger charge is 2.15. The third-order valence-electron chi connectivity index (χ3n) is 3.85. The van der Waals surface area contributed by atoms with Crippen molar-refractivity contribution in [2.45, 2.75) is 32.7 Å². The summed E-state index contributed by atoms with van der Waals surface area (Å²) in [4.78, 5) is 0. The monoisotopic (exact) mass is 331 g/mol. The normalized spacial score (nSPS) is 12.7. The highest BCUT2D eigenvalue weighted by Crippen LogP contribution is 2.29. The van der Waals surface area contributed by atoms with E-state index in [1.165, 1.54) is 22.3 Å². The van der Waals surface area contributed by atoms with Crippen molar-refractivity contribution in [2.75, 3.05) is 7.05 Å². The molecule has 1 nitrogen and oxygen atoms in total. The molecular weight excluding hydrogens is 310 g/mol. The maximum absolute atomic E-state index is 3.62. The zero-order valence-corrected chi connectivity index (χ0v) is 14.2. The molecule has 0 aliphatic heterocycles. The molecule has 0 radical (unpaired) electrons. The van der Waals surface area contributed by atoms with E-state index in [0.29, 0.717) is 5.92 Å². The zero-order chi connectivity index (χ0) is 14.7. The predicted octanol–water partition coefficient (Wildman–Crippen LogP) is 5.19. The lowest BCUT2D eigenvalue weighted by Gasteiger charge is -2.20. The van der Waals surface area contributed by atoms with E-state index in [1.807, 2.05) is 7.05 Å². The Bertz CT molecular complexity index is 572. The Morgan fingerprint density at radius 2 is 1.55 bits per heavy atom. The molecule has 2 aromatic carbocycles. The first kappa shape index (κ1) is 15.3. The van der Waals surface area contributed by atoms with Crippen LogP contribution in [0.15, 0.2) is 46.9 Å². The molecule has 0 saturated heterocycles. The van der Waals surface area contributed by atoms with Crippen LogP contribution in [0.4, 0.5) is 0 Å². The Morgan fingerprint density at radius 1 is 0.950 bits per heavy atom. The van der Waals surface area contributed by atoms with Crippen molar-refractivity contribution < 1.29 is 0 Å². The van der Waals surface area contributed by atoms with Gasteiger partial charge >= 0.3 is 0 Å². The molecule has 0 bridgehead atoms. The van der Waals surface area contributed by atoms with Crippen molar-refractivity contribution in [1.82, 2.24) is 5.32 Å². The zero-order valence-electron chi connectivity index (χ0n) is 12.6. The SMILES string of the molecule is CNC(c1ccc(C(C)C)cc1)c1cccc(Br)c1C. The average molecular weight is 332 g/mol. The van der Waals surface area contributed by atoms with Crippen LogP contribution in [-0.4, -0.2) is 7.05 Å². The van der Waals surface area contributed by atoms with Gasteiger partial charge in [0.25, 0.3) is 0 Å². The summed E-state index contributed by atoms with van der Waals surface area (Å²) in [6, 6.07) is 15.5. The maximum atomic E-state index is 3.62. The first-order valence-electron chi connectivity index (χ1n) is 7.06. The molecule has 2 rings (SSSR count). The third kappa shape index (κ3) is 3.13. The largest absolute Gasteiger partial charge is 0.309 e. The molecule has 0 aliphatic carbocycles. The minimum atomic E-state index is 0.230. The lowest BCUT2D eigenvalue weighted by molar-refractivity contribution is 0.686. The minimum Gasteiger partial charge on any atom is -0.309 e. The van der Waals surface area contributed by atoms with E-state index in [0.717, 1.165) is 4.47 Å². The van der Waals surface area contributed by atoms with Crippen molar-refractivity contribution >= 4 is 15.9 Å². The second-order valence-corrected chi connectivity index (χ2v) is 6.35. The van der Waals surface area contributed by atoms with E-state index in [-0.39, 0.29) is 6.04 Å². The van der Waals surface area contributed by atoms with Gasteiger partial charge in [-0.2, -0.15) is 0 Å². The summed E-state index contributed by atoms with van der Waals surface area (Å²) < 4.78 is 1.16. The van der Waals surface area contributed by atoms with E-state index in [1.54, 1.807) is 0 Å². The summed E-state index contributed by atoms with van der Waals surface area (Å²) >= 11 is 3.62. The minimum absolute atomic E-state index is 0.230. The summed E-state index contributed by atoms with van der Waals surface area (Å²) in [6.45, 7) is 6.61. The Hall–Kier alpha value is -1.12. The van der Waals surface area contributed by atoms with Gasteiger partial charge in [-0.25, -0.2) is 0 Å². The Labute approximate surface area is 130 Å². The molecule has 106 valence electrons. The number of nitrogens with one attached hydrogen (secondary N) is 1. The average Bonchev–Trinajstić information content (AvgIpc) is 2.45. The van der Waals surface area contributed by atoms with Crippen LogP contribution in [0.2, 0.25) is 0 Å². The highest BCUT2D eigenvalue weighted by molar-refractivity contribution is 9.10. The summed E-state index contributed by atoms with van der Waals surface area (Å²) in [5.74, 6) is 0.574. The molecule has 0 aromatic heterocycles. The fourth-order valence-corrected chi connectivity index (χ4v) is 2.89. The predicted molar refractivity (Wildman–Crippen MR) is 90.3 cm³/mol. The van der Waals surface area contributed by atoms with Gasteiger partial charge < -0.3 is 5.32 Å². The molecule has 0 aliphatic rings. The van der Waals surface area contributed by atoms with Crippen LogP contribution in [0.5, 0.6) is 0 Å². The summed E-state index contributed by atoms with van der Waals surface area (Å²) in [5, 5.41) is 3.43. The van der Waals surface area contributed by atoms with Gasteiger partial charge in [-0.3, -0.25) is 0 Å². The number of benzene rings is 2. The summed E-state index contributed by atoms with van der Waals surface area (Å²) in [6.07, 6.45) is 0. The number of hydrogen-bond acceptors (Lipinski definition) is 1. The summed E-state index contributed by atoms with van der Waals surface area (Å²) in [7, 11) is 2.02. The Kier molecular flexibility index (Phi) is 5.00. The lowest BCUT2D eigenvalue weighted by atomic mass is 9.93. The van der Waals surface area contributed by atoms with Gasteiger partial charge in [-0.15, -0.1) is 0 Å². The summed E-state index contributed by atoms with van der Waals surface area (Å²) in [5.41, 5.74) is 5.30. The molecule has 0 fully saturated rings. The topological polar surface area (TPSA) is 12.0 Å². The molecule has 1 N–H and O–H groups in total. The molecule has 2 aromatic rings. The molecule has 0 saturated carbocycles. The van der Waals surface area contributed by atoms with Gasteiger partial charge in [0.15, 0.2) is 0 Å². The molecule has 2 heteroatoms. The van der Waals surface area contributed by atoms with Gasteiger partial charge in [-0.05, 0) is 48.2 Å².